The Morgan fingerprint density at radius 1 is 0.583 bits per heavy atom. The maximum atomic E-state index is 12.7. The number of carbonyl (C=O) groups is 8. The molecule has 0 aromatic rings. The molecular formula is C19H30N6O11. The van der Waals surface area contributed by atoms with Gasteiger partial charge in [-0.1, -0.05) is 0 Å². The second-order valence-electron chi connectivity index (χ2n) is 7.67. The zero-order valence-corrected chi connectivity index (χ0v) is 19.1. The zero-order chi connectivity index (χ0) is 28.0. The maximum absolute atomic E-state index is 12.7. The Bertz CT molecular complexity index is 878. The van der Waals surface area contributed by atoms with Gasteiger partial charge >= 0.3 is 17.9 Å². The fourth-order valence-corrected chi connectivity index (χ4v) is 2.72. The van der Waals surface area contributed by atoms with Crippen molar-refractivity contribution in [2.24, 2.45) is 17.2 Å². The van der Waals surface area contributed by atoms with Crippen molar-refractivity contribution < 1.29 is 53.7 Å². The average molecular weight is 518 g/mol. The third-order valence-corrected chi connectivity index (χ3v) is 4.62. The van der Waals surface area contributed by atoms with E-state index < -0.39 is 104 Å². The summed E-state index contributed by atoms with van der Waals surface area (Å²) in [7, 11) is 0. The molecule has 0 aliphatic heterocycles. The first kappa shape index (κ1) is 31.7. The summed E-state index contributed by atoms with van der Waals surface area (Å²) < 4.78 is 0. The number of primary amides is 2. The van der Waals surface area contributed by atoms with E-state index >= 15 is 0 Å². The second kappa shape index (κ2) is 15.6. The van der Waals surface area contributed by atoms with E-state index in [1.54, 1.807) is 0 Å². The molecule has 0 aromatic carbocycles. The molecule has 0 fully saturated rings. The standard InChI is InChI=1S/C19H30N6O11/c20-8(1-4-12(21)26)16(32)25-11(7-15(30)31)18(34)23-9(3-6-14(28)29)17(33)24-10(19(35)36)2-5-13(22)27/h8-11H,1-7,20H2,(H2,21,26)(H2,22,27)(H,23,34)(H,24,33)(H,25,32)(H,28,29)(H,30,31)(H,35,36)/t8-,9-,10-,11-/m0/s1. The Morgan fingerprint density at radius 3 is 1.50 bits per heavy atom. The summed E-state index contributed by atoms with van der Waals surface area (Å²) in [5, 5.41) is 33.4. The SMILES string of the molecule is NC(=O)CC[C@H](NC(=O)[C@H](CCC(=O)O)NC(=O)[C@H](CC(=O)O)NC(=O)[C@@H](N)CCC(N)=O)C(=O)O. The van der Waals surface area contributed by atoms with Crippen LogP contribution in [-0.4, -0.2) is 86.9 Å². The molecule has 202 valence electrons. The van der Waals surface area contributed by atoms with Gasteiger partial charge in [0.2, 0.25) is 29.5 Å². The molecule has 0 spiro atoms. The van der Waals surface area contributed by atoms with Gasteiger partial charge in [-0.2, -0.15) is 0 Å². The van der Waals surface area contributed by atoms with Gasteiger partial charge in [0.25, 0.3) is 0 Å². The van der Waals surface area contributed by atoms with Gasteiger partial charge in [-0.05, 0) is 19.3 Å². The van der Waals surface area contributed by atoms with E-state index in [1.807, 2.05) is 5.32 Å². The largest absolute Gasteiger partial charge is 0.481 e. The number of rotatable bonds is 18. The van der Waals surface area contributed by atoms with Gasteiger partial charge in [-0.3, -0.25) is 33.6 Å². The van der Waals surface area contributed by atoms with Crippen molar-refractivity contribution in [3.8, 4) is 0 Å². The van der Waals surface area contributed by atoms with Crippen LogP contribution in [0.5, 0.6) is 0 Å². The lowest BCUT2D eigenvalue weighted by Crippen LogP contribution is -2.57. The summed E-state index contributed by atoms with van der Waals surface area (Å²) in [4.78, 5) is 92.8. The number of carboxylic acids is 3. The first-order chi connectivity index (χ1) is 16.6. The Labute approximate surface area is 204 Å². The predicted molar refractivity (Wildman–Crippen MR) is 117 cm³/mol. The number of hydrogen-bond acceptors (Lipinski definition) is 9. The molecule has 5 amide bonds. The van der Waals surface area contributed by atoms with Crippen molar-refractivity contribution in [2.75, 3.05) is 0 Å². The molecule has 0 saturated heterocycles. The minimum Gasteiger partial charge on any atom is -0.481 e. The van der Waals surface area contributed by atoms with Crippen molar-refractivity contribution in [3.63, 3.8) is 0 Å². The van der Waals surface area contributed by atoms with Crippen molar-refractivity contribution in [1.29, 1.82) is 0 Å². The van der Waals surface area contributed by atoms with E-state index in [0.29, 0.717) is 0 Å². The average Bonchev–Trinajstić information content (AvgIpc) is 2.75. The van der Waals surface area contributed by atoms with E-state index in [-0.39, 0.29) is 12.8 Å². The molecule has 12 N–H and O–H groups in total. The van der Waals surface area contributed by atoms with Crippen LogP contribution >= 0.6 is 0 Å². The summed E-state index contributed by atoms with van der Waals surface area (Å²) in [6.07, 6.45) is -3.38. The van der Waals surface area contributed by atoms with Crippen LogP contribution in [0.15, 0.2) is 0 Å². The van der Waals surface area contributed by atoms with E-state index in [0.717, 1.165) is 0 Å². The summed E-state index contributed by atoms with van der Waals surface area (Å²) in [5.41, 5.74) is 15.5. The molecule has 17 nitrogen and oxygen atoms in total. The van der Waals surface area contributed by atoms with E-state index in [1.165, 1.54) is 0 Å². The molecule has 0 heterocycles. The number of nitrogens with one attached hydrogen (secondary N) is 3. The lowest BCUT2D eigenvalue weighted by Gasteiger charge is -2.24. The van der Waals surface area contributed by atoms with Crippen molar-refractivity contribution in [3.05, 3.63) is 0 Å². The summed E-state index contributed by atoms with van der Waals surface area (Å²) in [5.74, 6) is -9.35. The highest BCUT2D eigenvalue weighted by atomic mass is 16.4. The Kier molecular flexibility index (Phi) is 13.7. The first-order valence-corrected chi connectivity index (χ1v) is 10.5. The molecule has 17 heteroatoms. The van der Waals surface area contributed by atoms with Gasteiger partial charge < -0.3 is 48.5 Å². The van der Waals surface area contributed by atoms with Crippen molar-refractivity contribution in [1.82, 2.24) is 16.0 Å². The number of amides is 5. The normalized spacial score (nSPS) is 13.8. The third-order valence-electron chi connectivity index (χ3n) is 4.62. The minimum absolute atomic E-state index is 0.200. The second-order valence-corrected chi connectivity index (χ2v) is 7.67. The molecule has 36 heavy (non-hydrogen) atoms. The summed E-state index contributed by atoms with van der Waals surface area (Å²) in [6.45, 7) is 0. The molecule has 0 radical (unpaired) electrons. The molecule has 0 bridgehead atoms. The van der Waals surface area contributed by atoms with Crippen molar-refractivity contribution in [2.45, 2.75) is 69.1 Å². The van der Waals surface area contributed by atoms with Gasteiger partial charge in [0.1, 0.15) is 18.1 Å². The first-order valence-electron chi connectivity index (χ1n) is 10.5. The van der Waals surface area contributed by atoms with Gasteiger partial charge in [0.15, 0.2) is 0 Å². The fraction of sp³-hybridized carbons (Fsp3) is 0.579. The lowest BCUT2D eigenvalue weighted by molar-refractivity contribution is -0.144. The quantitative estimate of drug-likeness (QED) is 0.0832. The number of carboxylic acid groups (broad SMARTS) is 3. The van der Waals surface area contributed by atoms with Gasteiger partial charge in [-0.15, -0.1) is 0 Å². The monoisotopic (exact) mass is 518 g/mol. The highest BCUT2D eigenvalue weighted by molar-refractivity contribution is 5.96. The van der Waals surface area contributed by atoms with Gasteiger partial charge in [0, 0.05) is 19.3 Å². The van der Waals surface area contributed by atoms with Crippen LogP contribution < -0.4 is 33.2 Å². The van der Waals surface area contributed by atoms with E-state index in [2.05, 4.69) is 10.6 Å². The molecule has 0 aliphatic rings. The Balaban J connectivity index is 5.59. The molecule has 4 atom stereocenters. The van der Waals surface area contributed by atoms with Crippen LogP contribution in [0.4, 0.5) is 0 Å². The highest BCUT2D eigenvalue weighted by Gasteiger charge is 2.31. The van der Waals surface area contributed by atoms with Gasteiger partial charge in [0.05, 0.1) is 12.5 Å². The van der Waals surface area contributed by atoms with Crippen LogP contribution in [0.25, 0.3) is 0 Å². The number of nitrogens with two attached hydrogens (primary N) is 3. The van der Waals surface area contributed by atoms with Crippen LogP contribution in [0, 0.1) is 0 Å². The van der Waals surface area contributed by atoms with Crippen LogP contribution in [0.2, 0.25) is 0 Å². The molecular weight excluding hydrogens is 488 g/mol. The highest BCUT2D eigenvalue weighted by Crippen LogP contribution is 2.05. The molecule has 0 aliphatic carbocycles. The van der Waals surface area contributed by atoms with Gasteiger partial charge in [-0.25, -0.2) is 4.79 Å². The number of hydrogen-bond donors (Lipinski definition) is 9. The topological polar surface area (TPSA) is 311 Å². The van der Waals surface area contributed by atoms with E-state index in [9.17, 15) is 43.5 Å². The van der Waals surface area contributed by atoms with Crippen LogP contribution in [-0.2, 0) is 38.4 Å². The van der Waals surface area contributed by atoms with Crippen LogP contribution in [0.1, 0.15) is 44.9 Å². The number of aliphatic carboxylic acids is 3. The zero-order valence-electron chi connectivity index (χ0n) is 19.1. The Hall–Kier alpha value is -4.28. The molecule has 0 aromatic heterocycles. The maximum Gasteiger partial charge on any atom is 0.326 e. The minimum atomic E-state index is -1.76. The summed E-state index contributed by atoms with van der Waals surface area (Å²) >= 11 is 0. The van der Waals surface area contributed by atoms with Crippen LogP contribution in [0.3, 0.4) is 0 Å². The molecule has 0 saturated carbocycles. The molecule has 0 rings (SSSR count). The van der Waals surface area contributed by atoms with Crippen molar-refractivity contribution >= 4 is 47.4 Å². The third kappa shape index (κ3) is 13.4. The summed E-state index contributed by atoms with van der Waals surface area (Å²) in [6, 6.07) is -6.35. The predicted octanol–water partition coefficient (Wildman–Crippen LogP) is -4.28. The Morgan fingerprint density at radius 2 is 1.03 bits per heavy atom. The molecule has 0 unspecified atom stereocenters. The lowest BCUT2D eigenvalue weighted by atomic mass is 10.1. The van der Waals surface area contributed by atoms with E-state index in [4.69, 9.17) is 27.4 Å². The fourth-order valence-electron chi connectivity index (χ4n) is 2.72. The number of carbonyl (C=O) groups excluding carboxylic acids is 5. The smallest absolute Gasteiger partial charge is 0.326 e.